The molecule has 1 heterocycles. The Hall–Kier alpha value is -6.66. The van der Waals surface area contributed by atoms with Gasteiger partial charge in [-0.2, -0.15) is 0 Å². The molecule has 2 aromatic rings. The summed E-state index contributed by atoms with van der Waals surface area (Å²) in [6, 6.07) is 6.99. The quantitative estimate of drug-likeness (QED) is 0.0398. The first-order chi connectivity index (χ1) is 25.7. The van der Waals surface area contributed by atoms with Gasteiger partial charge in [0.05, 0.1) is 6.54 Å². The van der Waals surface area contributed by atoms with Gasteiger partial charge in [0, 0.05) is 36.2 Å². The van der Waals surface area contributed by atoms with Crippen LogP contribution in [0.15, 0.2) is 47.5 Å². The Labute approximate surface area is 307 Å². The maximum absolute atomic E-state index is 13.3. The van der Waals surface area contributed by atoms with E-state index in [0.717, 1.165) is 0 Å². The van der Waals surface area contributed by atoms with Gasteiger partial charge in [-0.3, -0.25) is 48.1 Å². The Balaban J connectivity index is 1.40. The van der Waals surface area contributed by atoms with Gasteiger partial charge in [0.25, 0.3) is 5.91 Å². The molecule has 0 spiro atoms. The molecule has 1 saturated heterocycles. The minimum Gasteiger partial charge on any atom is -0.481 e. The number of fused-ring (bicyclic) bond motifs is 3. The number of carboxylic acid groups (broad SMARTS) is 2. The fraction of sp³-hybridized carbons (Fsp3) is 0.371. The number of Topliss-reactive ketones (excluding diaryl/α,β-unsaturated/α-hetero) is 2. The Morgan fingerprint density at radius 2 is 1.43 bits per heavy atom. The molecule has 19 heteroatoms. The summed E-state index contributed by atoms with van der Waals surface area (Å²) in [5.74, 6) is -8.16. The van der Waals surface area contributed by atoms with E-state index in [0.29, 0.717) is 17.5 Å². The number of carbonyl (C=O) groups is 9. The zero-order chi connectivity index (χ0) is 39.5. The van der Waals surface area contributed by atoms with Gasteiger partial charge in [0.1, 0.15) is 24.7 Å². The van der Waals surface area contributed by atoms with E-state index < -0.39 is 90.7 Å². The summed E-state index contributed by atoms with van der Waals surface area (Å²) < 4.78 is 0. The second-order valence-electron chi connectivity index (χ2n) is 12.5. The van der Waals surface area contributed by atoms with Crippen LogP contribution in [-0.2, 0) is 28.8 Å². The van der Waals surface area contributed by atoms with E-state index in [-0.39, 0.29) is 61.4 Å². The van der Waals surface area contributed by atoms with Crippen molar-refractivity contribution in [2.75, 3.05) is 26.2 Å². The van der Waals surface area contributed by atoms with Crippen molar-refractivity contribution >= 4 is 59.0 Å². The van der Waals surface area contributed by atoms with Crippen molar-refractivity contribution in [1.82, 2.24) is 26.2 Å². The molecule has 0 radical (unpaired) electrons. The van der Waals surface area contributed by atoms with Gasteiger partial charge >= 0.3 is 11.9 Å². The molecule has 1 fully saturated rings. The van der Waals surface area contributed by atoms with Crippen LogP contribution in [0.5, 0.6) is 0 Å². The third kappa shape index (κ3) is 10.2. The summed E-state index contributed by atoms with van der Waals surface area (Å²) in [6.07, 6.45) is 0.0432. The number of hydrogen-bond donors (Lipinski definition) is 8. The largest absolute Gasteiger partial charge is 0.481 e. The molecule has 0 bridgehead atoms. The number of nitrogens with one attached hydrogen (secondary N) is 4. The fourth-order valence-corrected chi connectivity index (χ4v) is 6.10. The monoisotopic (exact) mass is 748 g/mol. The molecule has 54 heavy (non-hydrogen) atoms. The molecule has 1 aliphatic carbocycles. The molecule has 10 N–H and O–H groups in total. The van der Waals surface area contributed by atoms with Gasteiger partial charge in [-0.05, 0) is 55.4 Å². The third-order valence-corrected chi connectivity index (χ3v) is 8.74. The molecule has 1 aliphatic heterocycles. The SMILES string of the molecule is NC(N)=NCCC[C@H](NC(=O)[C@@H]1CCCN1C(=O)CNC(=O)[C@H](CCC(=O)O)NC(=O)c1ccc2c(c1)C(=O)C(=O)c1ccccc1-2)C(=O)NCC(=O)O. The van der Waals surface area contributed by atoms with Crippen LogP contribution < -0.4 is 32.7 Å². The maximum Gasteiger partial charge on any atom is 0.322 e. The first kappa shape index (κ1) is 40.1. The van der Waals surface area contributed by atoms with Crippen molar-refractivity contribution in [1.29, 1.82) is 0 Å². The standard InChI is InChI=1S/C35H40N8O11/c36-35(37)38-13-3-7-23(32(52)40-17-28(47)48)42-34(54)25-8-4-14-43(25)26(44)16-39-33(53)24(11-12-27(45)46)41-31(51)18-9-10-20-19-5-1-2-6-21(19)29(49)30(50)22(20)15-18/h1-2,5-6,9-10,15,23-25H,3-4,7-8,11-14,16-17H2,(H,39,53)(H,40,52)(H,41,51)(H,42,54)(H,45,46)(H,47,48)(H4,36,37,38)/t23-,24-,25-/m0/s1. The van der Waals surface area contributed by atoms with E-state index >= 15 is 0 Å². The summed E-state index contributed by atoms with van der Waals surface area (Å²) in [4.78, 5) is 119. The first-order valence-electron chi connectivity index (χ1n) is 17.0. The number of nitrogens with zero attached hydrogens (tertiary/aromatic N) is 2. The summed E-state index contributed by atoms with van der Waals surface area (Å²) in [7, 11) is 0. The lowest BCUT2D eigenvalue weighted by Crippen LogP contribution is -2.55. The van der Waals surface area contributed by atoms with Gasteiger partial charge in [-0.1, -0.05) is 30.3 Å². The molecule has 3 atom stereocenters. The minimum absolute atomic E-state index is 0.00848. The number of nitrogens with two attached hydrogens (primary N) is 2. The van der Waals surface area contributed by atoms with Crippen LogP contribution in [0.4, 0.5) is 0 Å². The van der Waals surface area contributed by atoms with Crippen LogP contribution >= 0.6 is 0 Å². The molecule has 0 aromatic heterocycles. The van der Waals surface area contributed by atoms with Gasteiger partial charge in [-0.15, -0.1) is 0 Å². The molecule has 2 aliphatic rings. The van der Waals surface area contributed by atoms with Crippen LogP contribution in [0.3, 0.4) is 0 Å². The van der Waals surface area contributed by atoms with Gasteiger partial charge in [0.2, 0.25) is 35.2 Å². The number of likely N-dealkylation sites (tertiary alicyclic amines) is 1. The second kappa shape index (κ2) is 18.2. The predicted octanol–water partition coefficient (Wildman–Crippen LogP) is -1.46. The van der Waals surface area contributed by atoms with Crippen molar-refractivity contribution < 1.29 is 53.4 Å². The lowest BCUT2D eigenvalue weighted by atomic mass is 9.83. The third-order valence-electron chi connectivity index (χ3n) is 8.74. The van der Waals surface area contributed by atoms with Crippen LogP contribution in [0.2, 0.25) is 0 Å². The summed E-state index contributed by atoms with van der Waals surface area (Å²) in [6.45, 7) is -1.05. The van der Waals surface area contributed by atoms with Crippen molar-refractivity contribution in [3.63, 3.8) is 0 Å². The molecule has 286 valence electrons. The van der Waals surface area contributed by atoms with Crippen molar-refractivity contribution in [3.8, 4) is 11.1 Å². The molecule has 4 rings (SSSR count). The molecular weight excluding hydrogens is 708 g/mol. The highest BCUT2D eigenvalue weighted by Crippen LogP contribution is 2.34. The van der Waals surface area contributed by atoms with Crippen LogP contribution in [0, 0.1) is 0 Å². The lowest BCUT2D eigenvalue weighted by Gasteiger charge is -2.27. The van der Waals surface area contributed by atoms with E-state index in [1.165, 1.54) is 29.2 Å². The van der Waals surface area contributed by atoms with E-state index in [9.17, 15) is 48.3 Å². The zero-order valence-corrected chi connectivity index (χ0v) is 29.0. The maximum atomic E-state index is 13.3. The molecular formula is C35H40N8O11. The number of amides is 5. The average Bonchev–Trinajstić information content (AvgIpc) is 3.64. The van der Waals surface area contributed by atoms with Gasteiger partial charge in [-0.25, -0.2) is 0 Å². The topological polar surface area (TPSA) is 310 Å². The van der Waals surface area contributed by atoms with E-state index in [4.69, 9.17) is 16.6 Å². The van der Waals surface area contributed by atoms with Crippen molar-refractivity contribution in [2.45, 2.75) is 56.7 Å². The second-order valence-corrected chi connectivity index (χ2v) is 12.5. The average molecular weight is 749 g/mol. The lowest BCUT2D eigenvalue weighted by molar-refractivity contribution is -0.140. The summed E-state index contributed by atoms with van der Waals surface area (Å²) in [5, 5.41) is 27.8. The Bertz CT molecular complexity index is 1890. The van der Waals surface area contributed by atoms with Crippen LogP contribution in [0.25, 0.3) is 11.1 Å². The fourth-order valence-electron chi connectivity index (χ4n) is 6.10. The molecule has 5 amide bonds. The van der Waals surface area contributed by atoms with Crippen LogP contribution in [0.1, 0.15) is 69.6 Å². The highest BCUT2D eigenvalue weighted by Gasteiger charge is 2.36. The highest BCUT2D eigenvalue weighted by molar-refractivity contribution is 6.53. The molecule has 0 saturated carbocycles. The minimum atomic E-state index is -1.43. The number of hydrogen-bond acceptors (Lipinski definition) is 10. The smallest absolute Gasteiger partial charge is 0.322 e. The Morgan fingerprint density at radius 3 is 2.09 bits per heavy atom. The predicted molar refractivity (Wildman–Crippen MR) is 189 cm³/mol. The first-order valence-corrected chi connectivity index (χ1v) is 17.0. The number of carboxylic acids is 2. The Morgan fingerprint density at radius 1 is 0.796 bits per heavy atom. The number of aliphatic carboxylic acids is 2. The molecule has 19 nitrogen and oxygen atoms in total. The number of rotatable bonds is 17. The normalized spacial score (nSPS) is 15.5. The number of carbonyl (C=O) groups excluding carboxylic acids is 7. The summed E-state index contributed by atoms with van der Waals surface area (Å²) in [5.41, 5.74) is 11.7. The number of benzene rings is 2. The van der Waals surface area contributed by atoms with Crippen molar-refractivity contribution in [2.24, 2.45) is 16.5 Å². The van der Waals surface area contributed by atoms with E-state index in [1.54, 1.807) is 18.2 Å². The van der Waals surface area contributed by atoms with Crippen LogP contribution in [-0.4, -0.2) is 118 Å². The van der Waals surface area contributed by atoms with Gasteiger partial charge < -0.3 is 47.8 Å². The van der Waals surface area contributed by atoms with E-state index in [2.05, 4.69) is 26.3 Å². The highest BCUT2D eigenvalue weighted by atomic mass is 16.4. The number of ketones is 2. The molecule has 0 unspecified atom stereocenters. The number of aliphatic imine (C=N–C) groups is 1. The zero-order valence-electron chi connectivity index (χ0n) is 29.0. The Kier molecular flexibility index (Phi) is 13.5. The van der Waals surface area contributed by atoms with E-state index in [1.807, 2.05) is 0 Å². The van der Waals surface area contributed by atoms with Crippen molar-refractivity contribution in [3.05, 3.63) is 59.2 Å². The van der Waals surface area contributed by atoms with Gasteiger partial charge in [0.15, 0.2) is 5.96 Å². The molecule has 2 aromatic carbocycles. The summed E-state index contributed by atoms with van der Waals surface area (Å²) >= 11 is 0. The number of guanidine groups is 1.